The molecule has 0 saturated carbocycles. The molecule has 0 radical (unpaired) electrons. The van der Waals surface area contributed by atoms with Crippen LogP contribution in [0.1, 0.15) is 28.8 Å². The first-order valence-corrected chi connectivity index (χ1v) is 11.9. The highest BCUT2D eigenvalue weighted by atomic mass is 127. The van der Waals surface area contributed by atoms with Crippen molar-refractivity contribution in [2.75, 3.05) is 19.6 Å². The molecule has 2 fully saturated rings. The summed E-state index contributed by atoms with van der Waals surface area (Å²) in [5.74, 6) is -0.755. The molecular formula is C23H19IN2O5S. The number of hydrogen-bond acceptors (Lipinski definition) is 6. The third-order valence-electron chi connectivity index (χ3n) is 5.11. The van der Waals surface area contributed by atoms with Crippen LogP contribution in [0, 0.1) is 3.57 Å². The Morgan fingerprint density at radius 1 is 1.03 bits per heavy atom. The van der Waals surface area contributed by atoms with Crippen LogP contribution in [0.2, 0.25) is 0 Å². The number of nitrogens with zero attached hydrogens (tertiary/aromatic N) is 2. The Morgan fingerprint density at radius 3 is 2.41 bits per heavy atom. The Labute approximate surface area is 202 Å². The minimum atomic E-state index is -0.471. The third kappa shape index (κ3) is 5.04. The van der Waals surface area contributed by atoms with E-state index in [1.54, 1.807) is 47.4 Å². The summed E-state index contributed by atoms with van der Waals surface area (Å²) in [6.07, 6.45) is 3.49. The van der Waals surface area contributed by atoms with Gasteiger partial charge in [0.1, 0.15) is 12.3 Å². The summed E-state index contributed by atoms with van der Waals surface area (Å²) in [6, 6.07) is 13.8. The maximum absolute atomic E-state index is 12.6. The van der Waals surface area contributed by atoms with Gasteiger partial charge in [-0.05, 0) is 83.1 Å². The van der Waals surface area contributed by atoms with Crippen molar-refractivity contribution in [3.05, 3.63) is 68.1 Å². The second kappa shape index (κ2) is 9.86. The van der Waals surface area contributed by atoms with Crippen molar-refractivity contribution in [3.8, 4) is 5.75 Å². The van der Waals surface area contributed by atoms with Gasteiger partial charge in [-0.25, -0.2) is 4.79 Å². The number of likely N-dealkylation sites (tertiary alicyclic amines) is 1. The van der Waals surface area contributed by atoms with Crippen LogP contribution in [0.3, 0.4) is 0 Å². The van der Waals surface area contributed by atoms with Gasteiger partial charge in [-0.15, -0.1) is 0 Å². The van der Waals surface area contributed by atoms with E-state index >= 15 is 0 Å². The highest BCUT2D eigenvalue weighted by Gasteiger charge is 2.37. The van der Waals surface area contributed by atoms with E-state index in [9.17, 15) is 19.2 Å². The van der Waals surface area contributed by atoms with E-state index in [4.69, 9.17) is 4.74 Å². The minimum absolute atomic E-state index is 0.203. The number of amides is 3. The fourth-order valence-corrected chi connectivity index (χ4v) is 4.86. The van der Waals surface area contributed by atoms with E-state index in [1.165, 1.54) is 0 Å². The van der Waals surface area contributed by atoms with Crippen molar-refractivity contribution in [1.29, 1.82) is 0 Å². The van der Waals surface area contributed by atoms with Crippen LogP contribution in [-0.4, -0.2) is 52.5 Å². The lowest BCUT2D eigenvalue weighted by Gasteiger charge is -2.18. The van der Waals surface area contributed by atoms with Crippen molar-refractivity contribution >= 4 is 63.5 Å². The van der Waals surface area contributed by atoms with Gasteiger partial charge in [-0.1, -0.05) is 24.3 Å². The second-order valence-corrected chi connectivity index (χ2v) is 9.45. The molecule has 0 atom stereocenters. The Kier molecular flexibility index (Phi) is 6.95. The molecule has 2 aromatic rings. The number of benzene rings is 2. The van der Waals surface area contributed by atoms with Crippen LogP contribution < -0.4 is 4.74 Å². The van der Waals surface area contributed by atoms with Gasteiger partial charge in [0.15, 0.2) is 0 Å². The van der Waals surface area contributed by atoms with E-state index in [1.807, 2.05) is 12.1 Å². The second-order valence-electron chi connectivity index (χ2n) is 7.29. The van der Waals surface area contributed by atoms with E-state index in [0.717, 1.165) is 33.1 Å². The molecule has 2 aliphatic rings. The summed E-state index contributed by atoms with van der Waals surface area (Å²) in [5, 5.41) is -0.447. The van der Waals surface area contributed by atoms with E-state index in [2.05, 4.69) is 22.6 Å². The quantitative estimate of drug-likeness (QED) is 0.236. The molecule has 2 heterocycles. The number of carbonyl (C=O) groups excluding carboxylic acids is 4. The number of imide groups is 1. The lowest BCUT2D eigenvalue weighted by molar-refractivity contribution is -0.135. The summed E-state index contributed by atoms with van der Waals surface area (Å²) < 4.78 is 6.21. The van der Waals surface area contributed by atoms with Crippen LogP contribution in [0.25, 0.3) is 6.08 Å². The molecule has 0 aliphatic carbocycles. The van der Waals surface area contributed by atoms with Crippen molar-refractivity contribution in [2.45, 2.75) is 12.8 Å². The average Bonchev–Trinajstić information content (AvgIpc) is 3.40. The summed E-state index contributed by atoms with van der Waals surface area (Å²) in [5.41, 5.74) is 1.16. The molecule has 2 saturated heterocycles. The standard InChI is InChI=1S/C23H19IN2O5S/c24-18-6-2-1-5-17(18)22(29)31-16-9-7-15(8-10-16)13-19-21(28)26(23(30)32-19)14-20(27)25-11-3-4-12-25/h1-2,5-10,13H,3-4,11-12,14H2/b19-13-. The Bertz CT molecular complexity index is 1110. The van der Waals surface area contributed by atoms with E-state index < -0.39 is 17.1 Å². The zero-order chi connectivity index (χ0) is 22.7. The topological polar surface area (TPSA) is 84.0 Å². The van der Waals surface area contributed by atoms with Gasteiger partial charge in [-0.3, -0.25) is 19.3 Å². The number of esters is 1. The molecule has 9 heteroatoms. The SMILES string of the molecule is O=C(Oc1ccc(/C=C2\SC(=O)N(CC(=O)N3CCCC3)C2=O)cc1)c1ccccc1I. The number of rotatable bonds is 5. The maximum Gasteiger partial charge on any atom is 0.344 e. The molecule has 7 nitrogen and oxygen atoms in total. The highest BCUT2D eigenvalue weighted by Crippen LogP contribution is 2.32. The lowest BCUT2D eigenvalue weighted by atomic mass is 10.2. The number of halogens is 1. The van der Waals surface area contributed by atoms with Gasteiger partial charge >= 0.3 is 5.97 Å². The molecule has 0 unspecified atom stereocenters. The lowest BCUT2D eigenvalue weighted by Crippen LogP contribution is -2.40. The molecule has 0 N–H and O–H groups in total. The van der Waals surface area contributed by atoms with Crippen molar-refractivity contribution in [1.82, 2.24) is 9.80 Å². The summed E-state index contributed by atoms with van der Waals surface area (Å²) in [6.45, 7) is 1.12. The number of ether oxygens (including phenoxy) is 1. The summed E-state index contributed by atoms with van der Waals surface area (Å²) in [7, 11) is 0. The first kappa shape index (κ1) is 22.5. The molecule has 0 bridgehead atoms. The van der Waals surface area contributed by atoms with Gasteiger partial charge in [-0.2, -0.15) is 0 Å². The predicted molar refractivity (Wildman–Crippen MR) is 129 cm³/mol. The van der Waals surface area contributed by atoms with E-state index in [-0.39, 0.29) is 17.4 Å². The van der Waals surface area contributed by atoms with Crippen LogP contribution >= 0.6 is 34.4 Å². The zero-order valence-corrected chi connectivity index (χ0v) is 19.9. The number of thioether (sulfide) groups is 1. The van der Waals surface area contributed by atoms with Gasteiger partial charge in [0.05, 0.1) is 10.5 Å². The molecular weight excluding hydrogens is 543 g/mol. The van der Waals surface area contributed by atoms with Gasteiger partial charge < -0.3 is 9.64 Å². The number of carbonyl (C=O) groups is 4. The van der Waals surface area contributed by atoms with Crippen LogP contribution in [0.15, 0.2) is 53.4 Å². The first-order chi connectivity index (χ1) is 15.4. The van der Waals surface area contributed by atoms with Crippen molar-refractivity contribution in [3.63, 3.8) is 0 Å². The molecule has 3 amide bonds. The normalized spacial score (nSPS) is 17.3. The Balaban J connectivity index is 1.41. The Morgan fingerprint density at radius 2 is 1.72 bits per heavy atom. The molecule has 0 spiro atoms. The van der Waals surface area contributed by atoms with Gasteiger partial charge in [0.2, 0.25) is 5.91 Å². The zero-order valence-electron chi connectivity index (χ0n) is 17.0. The van der Waals surface area contributed by atoms with Crippen LogP contribution in [-0.2, 0) is 9.59 Å². The largest absolute Gasteiger partial charge is 0.423 e. The molecule has 32 heavy (non-hydrogen) atoms. The predicted octanol–water partition coefficient (Wildman–Crippen LogP) is 4.17. The first-order valence-electron chi connectivity index (χ1n) is 10.0. The Hall–Kier alpha value is -2.66. The van der Waals surface area contributed by atoms with Crippen molar-refractivity contribution in [2.24, 2.45) is 0 Å². The van der Waals surface area contributed by atoms with Crippen LogP contribution in [0.5, 0.6) is 5.75 Å². The van der Waals surface area contributed by atoms with Gasteiger partial charge in [0.25, 0.3) is 11.1 Å². The molecule has 0 aromatic heterocycles. The van der Waals surface area contributed by atoms with Gasteiger partial charge in [0, 0.05) is 16.7 Å². The summed E-state index contributed by atoms with van der Waals surface area (Å²) in [4.78, 5) is 52.5. The van der Waals surface area contributed by atoms with E-state index in [0.29, 0.717) is 30.0 Å². The molecule has 164 valence electrons. The smallest absolute Gasteiger partial charge is 0.344 e. The summed E-state index contributed by atoms with van der Waals surface area (Å²) >= 11 is 2.89. The highest BCUT2D eigenvalue weighted by molar-refractivity contribution is 14.1. The number of hydrogen-bond donors (Lipinski definition) is 0. The van der Waals surface area contributed by atoms with Crippen molar-refractivity contribution < 1.29 is 23.9 Å². The third-order valence-corrected chi connectivity index (χ3v) is 6.96. The van der Waals surface area contributed by atoms with Crippen LogP contribution in [0.4, 0.5) is 4.79 Å². The fourth-order valence-electron chi connectivity index (χ4n) is 3.41. The molecule has 2 aliphatic heterocycles. The maximum atomic E-state index is 12.6. The fraction of sp³-hybridized carbons (Fsp3) is 0.217. The monoisotopic (exact) mass is 562 g/mol. The molecule has 2 aromatic carbocycles. The molecule has 4 rings (SSSR count). The minimum Gasteiger partial charge on any atom is -0.423 e. The average molecular weight is 562 g/mol.